The Kier molecular flexibility index (Phi) is 7.47. The zero-order valence-corrected chi connectivity index (χ0v) is 11.0. The fraction of sp³-hybridized carbons (Fsp3) is 0.600. The van der Waals surface area contributed by atoms with E-state index in [-0.39, 0.29) is 25.4 Å². The maximum atomic E-state index is 12.0. The molecule has 0 atom stereocenters. The molecule has 0 heterocycles. The van der Waals surface area contributed by atoms with Crippen LogP contribution in [0.1, 0.15) is 20.8 Å². The van der Waals surface area contributed by atoms with Crippen molar-refractivity contribution in [2.45, 2.75) is 20.8 Å². The van der Waals surface area contributed by atoms with Crippen LogP contribution in [0.25, 0.3) is 0 Å². The number of nitriles is 1. The van der Waals surface area contributed by atoms with Crippen LogP contribution in [0.2, 0.25) is 0 Å². The molecule has 0 saturated carbocycles. The average Bonchev–Trinajstić information content (AvgIpc) is 2.27. The molecule has 0 saturated heterocycles. The van der Waals surface area contributed by atoms with E-state index in [0.717, 1.165) is 5.82 Å². The number of carbonyl (C=O) groups excluding carboxylic acids is 1. The zero-order chi connectivity index (χ0) is 13.3. The van der Waals surface area contributed by atoms with Gasteiger partial charge in [0, 0.05) is 0 Å². The van der Waals surface area contributed by atoms with E-state index in [1.807, 2.05) is 0 Å². The molecule has 0 fully saturated rings. The molecular weight excluding hydrogens is 245 g/mol. The van der Waals surface area contributed by atoms with Gasteiger partial charge < -0.3 is 13.8 Å². The third-order valence-corrected chi connectivity index (χ3v) is 3.33. The Morgan fingerprint density at radius 2 is 1.76 bits per heavy atom. The standard InChI is InChI=1S/C10H16NO5P/c1-4-14-10(12)9(7-11)8-17(13,15-5-2)16-6-3/h8H,4-6H2,1-3H3/b9-8-. The van der Waals surface area contributed by atoms with Gasteiger partial charge in [0.15, 0.2) is 0 Å². The first kappa shape index (κ1) is 15.9. The molecule has 0 aromatic heterocycles. The molecule has 0 aliphatic rings. The third kappa shape index (κ3) is 5.64. The van der Waals surface area contributed by atoms with Crippen molar-refractivity contribution in [3.63, 3.8) is 0 Å². The molecule has 0 aliphatic carbocycles. The van der Waals surface area contributed by atoms with Gasteiger partial charge in [-0.2, -0.15) is 5.26 Å². The lowest BCUT2D eigenvalue weighted by molar-refractivity contribution is -0.138. The summed E-state index contributed by atoms with van der Waals surface area (Å²) in [6, 6.07) is 1.61. The van der Waals surface area contributed by atoms with E-state index in [2.05, 4.69) is 4.74 Å². The first-order chi connectivity index (χ1) is 8.02. The molecule has 0 aliphatic heterocycles. The van der Waals surface area contributed by atoms with Gasteiger partial charge in [-0.15, -0.1) is 0 Å². The van der Waals surface area contributed by atoms with E-state index in [1.165, 1.54) is 0 Å². The minimum absolute atomic E-state index is 0.130. The lowest BCUT2D eigenvalue weighted by Crippen LogP contribution is -2.07. The molecule has 0 spiro atoms. The molecule has 0 radical (unpaired) electrons. The number of nitrogens with zero attached hydrogens (tertiary/aromatic N) is 1. The van der Waals surface area contributed by atoms with Crippen LogP contribution >= 0.6 is 7.60 Å². The van der Waals surface area contributed by atoms with Crippen molar-refractivity contribution in [2.75, 3.05) is 19.8 Å². The smallest absolute Gasteiger partial charge is 0.355 e. The van der Waals surface area contributed by atoms with Crippen molar-refractivity contribution >= 4 is 13.6 Å². The Bertz CT molecular complexity index is 361. The molecule has 0 aromatic carbocycles. The molecule has 0 N–H and O–H groups in total. The summed E-state index contributed by atoms with van der Waals surface area (Å²) in [7, 11) is -3.55. The van der Waals surface area contributed by atoms with Gasteiger partial charge in [-0.1, -0.05) is 0 Å². The Labute approximate surface area is 101 Å². The molecule has 17 heavy (non-hydrogen) atoms. The van der Waals surface area contributed by atoms with E-state index in [0.29, 0.717) is 0 Å². The van der Waals surface area contributed by atoms with Crippen molar-refractivity contribution < 1.29 is 23.1 Å². The van der Waals surface area contributed by atoms with Crippen molar-refractivity contribution in [3.8, 4) is 6.07 Å². The second-order valence-corrected chi connectivity index (χ2v) is 4.60. The van der Waals surface area contributed by atoms with Crippen LogP contribution in [0, 0.1) is 11.3 Å². The van der Waals surface area contributed by atoms with Gasteiger partial charge in [-0.25, -0.2) is 4.79 Å². The molecule has 96 valence electrons. The summed E-state index contributed by atoms with van der Waals surface area (Å²) in [5.74, 6) is 0.0625. The Hall–Kier alpha value is -1.15. The van der Waals surface area contributed by atoms with Crippen molar-refractivity contribution in [2.24, 2.45) is 0 Å². The summed E-state index contributed by atoms with van der Waals surface area (Å²) in [5.41, 5.74) is -0.378. The number of hydrogen-bond acceptors (Lipinski definition) is 6. The first-order valence-corrected chi connectivity index (χ1v) is 6.83. The van der Waals surface area contributed by atoms with E-state index in [4.69, 9.17) is 14.3 Å². The van der Waals surface area contributed by atoms with Crippen LogP contribution in [-0.2, 0) is 23.1 Å². The maximum absolute atomic E-state index is 12.0. The fourth-order valence-electron chi connectivity index (χ4n) is 0.966. The van der Waals surface area contributed by atoms with Crippen molar-refractivity contribution in [1.29, 1.82) is 5.26 Å². The van der Waals surface area contributed by atoms with Crippen LogP contribution in [0.4, 0.5) is 0 Å². The van der Waals surface area contributed by atoms with E-state index in [9.17, 15) is 9.36 Å². The average molecular weight is 261 g/mol. The van der Waals surface area contributed by atoms with Gasteiger partial charge in [0.05, 0.1) is 25.6 Å². The number of esters is 1. The van der Waals surface area contributed by atoms with Crippen LogP contribution in [0.15, 0.2) is 11.4 Å². The first-order valence-electron chi connectivity index (χ1n) is 5.21. The summed E-state index contributed by atoms with van der Waals surface area (Å²) in [6.45, 7) is 5.31. The maximum Gasteiger partial charge on any atom is 0.355 e. The molecule has 0 amide bonds. The van der Waals surface area contributed by atoms with Gasteiger partial charge in [-0.05, 0) is 20.8 Å². The quantitative estimate of drug-likeness (QED) is 0.302. The third-order valence-electron chi connectivity index (χ3n) is 1.52. The predicted molar refractivity (Wildman–Crippen MR) is 61.2 cm³/mol. The van der Waals surface area contributed by atoms with Gasteiger partial charge >= 0.3 is 13.6 Å². The fourth-order valence-corrected chi connectivity index (χ4v) is 2.39. The SMILES string of the molecule is CCOC(=O)/C(C#N)=C\P(=O)(OCC)OCC. The van der Waals surface area contributed by atoms with Crippen LogP contribution in [-0.4, -0.2) is 25.8 Å². The van der Waals surface area contributed by atoms with Crippen molar-refractivity contribution in [1.82, 2.24) is 0 Å². The topological polar surface area (TPSA) is 85.6 Å². The highest BCUT2D eigenvalue weighted by atomic mass is 31.2. The highest BCUT2D eigenvalue weighted by Gasteiger charge is 2.24. The summed E-state index contributed by atoms with van der Waals surface area (Å²) >= 11 is 0. The Morgan fingerprint density at radius 3 is 2.12 bits per heavy atom. The second kappa shape index (κ2) is 8.02. The number of rotatable bonds is 7. The minimum atomic E-state index is -3.55. The molecule has 0 unspecified atom stereocenters. The lowest BCUT2D eigenvalue weighted by Gasteiger charge is -2.13. The van der Waals surface area contributed by atoms with E-state index in [1.54, 1.807) is 26.8 Å². The highest BCUT2D eigenvalue weighted by Crippen LogP contribution is 2.50. The number of carbonyl (C=O) groups is 1. The van der Waals surface area contributed by atoms with Crippen molar-refractivity contribution in [3.05, 3.63) is 11.4 Å². The Balaban J connectivity index is 5.07. The number of hydrogen-bond donors (Lipinski definition) is 0. The van der Waals surface area contributed by atoms with Crippen LogP contribution < -0.4 is 0 Å². The Morgan fingerprint density at radius 1 is 1.24 bits per heavy atom. The molecule has 6 nitrogen and oxygen atoms in total. The zero-order valence-electron chi connectivity index (χ0n) is 10.1. The molecule has 0 bridgehead atoms. The van der Waals surface area contributed by atoms with E-state index < -0.39 is 13.6 Å². The number of ether oxygens (including phenoxy) is 1. The largest absolute Gasteiger partial charge is 0.462 e. The van der Waals surface area contributed by atoms with Crippen LogP contribution in [0.3, 0.4) is 0 Å². The molecule has 7 heteroatoms. The second-order valence-electron chi connectivity index (χ2n) is 2.75. The summed E-state index contributed by atoms with van der Waals surface area (Å²) < 4.78 is 26.5. The monoisotopic (exact) mass is 261 g/mol. The molecule has 0 aromatic rings. The summed E-state index contributed by atoms with van der Waals surface area (Å²) in [6.07, 6.45) is 0. The van der Waals surface area contributed by atoms with E-state index >= 15 is 0 Å². The summed E-state index contributed by atoms with van der Waals surface area (Å²) in [5, 5.41) is 8.77. The van der Waals surface area contributed by atoms with Gasteiger partial charge in [0.1, 0.15) is 11.6 Å². The highest BCUT2D eigenvalue weighted by molar-refractivity contribution is 7.57. The lowest BCUT2D eigenvalue weighted by atomic mass is 10.3. The molecular formula is C10H16NO5P. The van der Waals surface area contributed by atoms with Gasteiger partial charge in [0.25, 0.3) is 0 Å². The van der Waals surface area contributed by atoms with Crippen LogP contribution in [0.5, 0.6) is 0 Å². The summed E-state index contributed by atoms with van der Waals surface area (Å²) in [4.78, 5) is 11.3. The predicted octanol–water partition coefficient (Wildman–Crippen LogP) is 2.22. The molecule has 0 rings (SSSR count). The minimum Gasteiger partial charge on any atom is -0.462 e. The normalized spacial score (nSPS) is 12.0. The van der Waals surface area contributed by atoms with Gasteiger partial charge in [-0.3, -0.25) is 4.57 Å². The van der Waals surface area contributed by atoms with Gasteiger partial charge in [0.2, 0.25) is 0 Å².